The first-order valence-corrected chi connectivity index (χ1v) is 6.34. The molecule has 0 N–H and O–H groups in total. The molecular formula is C15H10N2O5. The van der Waals surface area contributed by atoms with Crippen LogP contribution < -0.4 is 14.5 Å². The monoisotopic (exact) mass is 298 g/mol. The molecular weight excluding hydrogens is 288 g/mol. The molecule has 0 saturated heterocycles. The molecule has 2 aliphatic heterocycles. The van der Waals surface area contributed by atoms with Crippen LogP contribution in [-0.4, -0.2) is 30.7 Å². The van der Waals surface area contributed by atoms with Gasteiger partial charge in [0, 0.05) is 24.3 Å². The second-order valence-electron chi connectivity index (χ2n) is 4.52. The van der Waals surface area contributed by atoms with Crippen molar-refractivity contribution in [3.63, 3.8) is 0 Å². The number of methoxy groups -OCH3 is 1. The van der Waals surface area contributed by atoms with E-state index in [2.05, 4.69) is 0 Å². The summed E-state index contributed by atoms with van der Waals surface area (Å²) in [4.78, 5) is 49.4. The standard InChI is InChI=1S/C15H10N2O5/c1-22-10-4-2-3-9(16-11(18)5-6-12(16)19)15(10)17-13(20)7-8-14(17)21/h2-8H,1H3. The summed E-state index contributed by atoms with van der Waals surface area (Å²) in [6, 6.07) is 4.57. The third-order valence-corrected chi connectivity index (χ3v) is 3.28. The molecule has 3 rings (SSSR count). The Labute approximate surface area is 125 Å². The summed E-state index contributed by atoms with van der Waals surface area (Å²) < 4.78 is 5.18. The molecule has 0 unspecified atom stereocenters. The van der Waals surface area contributed by atoms with Gasteiger partial charge in [-0.15, -0.1) is 0 Å². The van der Waals surface area contributed by atoms with E-state index in [4.69, 9.17) is 4.74 Å². The van der Waals surface area contributed by atoms with Crippen molar-refractivity contribution in [2.75, 3.05) is 16.9 Å². The van der Waals surface area contributed by atoms with Crippen molar-refractivity contribution in [2.24, 2.45) is 0 Å². The van der Waals surface area contributed by atoms with Crippen LogP contribution in [0.25, 0.3) is 0 Å². The minimum atomic E-state index is -0.567. The van der Waals surface area contributed by atoms with E-state index in [-0.39, 0.29) is 17.1 Å². The minimum absolute atomic E-state index is 0.0652. The molecule has 7 heteroatoms. The van der Waals surface area contributed by atoms with Crippen LogP contribution in [-0.2, 0) is 19.2 Å². The predicted molar refractivity (Wildman–Crippen MR) is 76.3 cm³/mol. The highest BCUT2D eigenvalue weighted by atomic mass is 16.5. The average Bonchev–Trinajstić information content (AvgIpc) is 3.01. The van der Waals surface area contributed by atoms with Crippen LogP contribution >= 0.6 is 0 Å². The summed E-state index contributed by atoms with van der Waals surface area (Å²) in [7, 11) is 1.37. The summed E-state index contributed by atoms with van der Waals surface area (Å²) in [6.07, 6.45) is 4.48. The summed E-state index contributed by atoms with van der Waals surface area (Å²) >= 11 is 0. The maximum Gasteiger partial charge on any atom is 0.258 e. The maximum atomic E-state index is 11.9. The Balaban J connectivity index is 2.20. The van der Waals surface area contributed by atoms with Crippen molar-refractivity contribution in [2.45, 2.75) is 0 Å². The number of carbonyl (C=O) groups excluding carboxylic acids is 4. The highest BCUT2D eigenvalue weighted by Crippen LogP contribution is 2.40. The van der Waals surface area contributed by atoms with Gasteiger partial charge < -0.3 is 4.74 Å². The second-order valence-corrected chi connectivity index (χ2v) is 4.52. The molecule has 1 aromatic carbocycles. The number of carbonyl (C=O) groups is 4. The molecule has 110 valence electrons. The lowest BCUT2D eigenvalue weighted by Gasteiger charge is -2.24. The van der Waals surface area contributed by atoms with Crippen molar-refractivity contribution in [1.29, 1.82) is 0 Å². The third-order valence-electron chi connectivity index (χ3n) is 3.28. The highest BCUT2D eigenvalue weighted by Gasteiger charge is 2.35. The molecule has 0 aromatic heterocycles. The van der Waals surface area contributed by atoms with Gasteiger partial charge in [0.1, 0.15) is 11.4 Å². The van der Waals surface area contributed by atoms with Gasteiger partial charge in [-0.3, -0.25) is 19.2 Å². The lowest BCUT2D eigenvalue weighted by molar-refractivity contribution is -0.122. The first-order chi connectivity index (χ1) is 10.5. The van der Waals surface area contributed by atoms with E-state index in [9.17, 15) is 19.2 Å². The molecule has 4 amide bonds. The fourth-order valence-electron chi connectivity index (χ4n) is 2.34. The van der Waals surface area contributed by atoms with Gasteiger partial charge in [-0.1, -0.05) is 6.07 Å². The normalized spacial score (nSPS) is 17.1. The number of amides is 4. The van der Waals surface area contributed by atoms with Gasteiger partial charge in [0.05, 0.1) is 12.8 Å². The third kappa shape index (κ3) is 1.91. The van der Waals surface area contributed by atoms with Gasteiger partial charge in [-0.25, -0.2) is 9.80 Å². The maximum absolute atomic E-state index is 11.9. The molecule has 0 fully saturated rings. The molecule has 0 spiro atoms. The Morgan fingerprint density at radius 2 is 1.27 bits per heavy atom. The average molecular weight is 298 g/mol. The molecule has 0 radical (unpaired) electrons. The van der Waals surface area contributed by atoms with Gasteiger partial charge in [-0.05, 0) is 12.1 Å². The minimum Gasteiger partial charge on any atom is -0.494 e. The zero-order valence-corrected chi connectivity index (χ0v) is 11.5. The van der Waals surface area contributed by atoms with Crippen molar-refractivity contribution in [1.82, 2.24) is 0 Å². The number of para-hydroxylation sites is 1. The number of imide groups is 2. The Kier molecular flexibility index (Phi) is 3.10. The lowest BCUT2D eigenvalue weighted by Crippen LogP contribution is -2.35. The number of anilines is 2. The van der Waals surface area contributed by atoms with Crippen LogP contribution in [0.15, 0.2) is 42.5 Å². The number of hydrogen-bond donors (Lipinski definition) is 0. The predicted octanol–water partition coefficient (Wildman–Crippen LogP) is 0.554. The number of benzene rings is 1. The molecule has 2 aliphatic rings. The first kappa shape index (κ1) is 13.7. The molecule has 0 atom stereocenters. The van der Waals surface area contributed by atoms with Crippen molar-refractivity contribution < 1.29 is 23.9 Å². The summed E-state index contributed by atoms with van der Waals surface area (Å²) in [5.74, 6) is -2.03. The second kappa shape index (κ2) is 4.96. The summed E-state index contributed by atoms with van der Waals surface area (Å²) in [5.41, 5.74) is 0.181. The summed E-state index contributed by atoms with van der Waals surface area (Å²) in [6.45, 7) is 0. The van der Waals surface area contributed by atoms with Gasteiger partial charge in [-0.2, -0.15) is 0 Å². The van der Waals surface area contributed by atoms with Crippen molar-refractivity contribution >= 4 is 35.0 Å². The number of nitrogens with zero attached hydrogens (tertiary/aromatic N) is 2. The first-order valence-electron chi connectivity index (χ1n) is 6.34. The molecule has 0 saturated carbocycles. The van der Waals surface area contributed by atoms with Crippen LogP contribution in [0.3, 0.4) is 0 Å². The topological polar surface area (TPSA) is 84.0 Å². The fraction of sp³-hybridized carbons (Fsp3) is 0.0667. The Bertz CT molecular complexity index is 742. The Hall–Kier alpha value is -3.22. The molecule has 2 heterocycles. The number of hydrogen-bond acceptors (Lipinski definition) is 5. The van der Waals surface area contributed by atoms with E-state index in [1.54, 1.807) is 6.07 Å². The van der Waals surface area contributed by atoms with Crippen LogP contribution in [0.2, 0.25) is 0 Å². The largest absolute Gasteiger partial charge is 0.494 e. The molecule has 1 aromatic rings. The SMILES string of the molecule is COc1cccc(N2C(=O)C=CC2=O)c1N1C(=O)C=CC1=O. The van der Waals surface area contributed by atoms with Crippen molar-refractivity contribution in [3.05, 3.63) is 42.5 Å². The van der Waals surface area contributed by atoms with E-state index in [0.717, 1.165) is 34.1 Å². The van der Waals surface area contributed by atoms with E-state index >= 15 is 0 Å². The quantitative estimate of drug-likeness (QED) is 0.761. The number of rotatable bonds is 3. The smallest absolute Gasteiger partial charge is 0.258 e. The Morgan fingerprint density at radius 3 is 1.77 bits per heavy atom. The van der Waals surface area contributed by atoms with Gasteiger partial charge in [0.15, 0.2) is 0 Å². The highest BCUT2D eigenvalue weighted by molar-refractivity contribution is 6.33. The van der Waals surface area contributed by atoms with E-state index in [1.165, 1.54) is 19.2 Å². The van der Waals surface area contributed by atoms with Crippen LogP contribution in [0.4, 0.5) is 11.4 Å². The number of ether oxygens (including phenoxy) is 1. The lowest BCUT2D eigenvalue weighted by atomic mass is 10.2. The van der Waals surface area contributed by atoms with E-state index in [1.807, 2.05) is 0 Å². The fourth-order valence-corrected chi connectivity index (χ4v) is 2.34. The van der Waals surface area contributed by atoms with Gasteiger partial charge in [0.2, 0.25) is 0 Å². The molecule has 7 nitrogen and oxygen atoms in total. The van der Waals surface area contributed by atoms with E-state index < -0.39 is 23.6 Å². The van der Waals surface area contributed by atoms with Crippen LogP contribution in [0, 0.1) is 0 Å². The van der Waals surface area contributed by atoms with Crippen molar-refractivity contribution in [3.8, 4) is 5.75 Å². The van der Waals surface area contributed by atoms with Crippen LogP contribution in [0.1, 0.15) is 0 Å². The Morgan fingerprint density at radius 1 is 0.773 bits per heavy atom. The van der Waals surface area contributed by atoms with E-state index in [0.29, 0.717) is 0 Å². The van der Waals surface area contributed by atoms with Crippen LogP contribution in [0.5, 0.6) is 5.75 Å². The molecule has 0 bridgehead atoms. The zero-order valence-electron chi connectivity index (χ0n) is 11.5. The summed E-state index contributed by atoms with van der Waals surface area (Å²) in [5, 5.41) is 0. The molecule has 22 heavy (non-hydrogen) atoms. The molecule has 0 aliphatic carbocycles. The van der Waals surface area contributed by atoms with Gasteiger partial charge >= 0.3 is 0 Å². The zero-order chi connectivity index (χ0) is 15.9. The van der Waals surface area contributed by atoms with Gasteiger partial charge in [0.25, 0.3) is 23.6 Å².